The molecule has 1 aliphatic heterocycles. The number of benzene rings is 1. The van der Waals surface area contributed by atoms with E-state index < -0.39 is 6.43 Å². The maximum atomic E-state index is 13.4. The maximum Gasteiger partial charge on any atom is 0.409 e. The quantitative estimate of drug-likeness (QED) is 0.738. The number of fused-ring (bicyclic) bond motifs is 1. The number of carbonyl (C=O) groups excluding carboxylic acids is 1. The summed E-state index contributed by atoms with van der Waals surface area (Å²) >= 11 is 0. The summed E-state index contributed by atoms with van der Waals surface area (Å²) in [6.45, 7) is 2.68. The van der Waals surface area contributed by atoms with Crippen LogP contribution in [0.15, 0.2) is 18.2 Å². The minimum Gasteiger partial charge on any atom is -0.453 e. The zero-order valence-electron chi connectivity index (χ0n) is 17.0. The van der Waals surface area contributed by atoms with Crippen LogP contribution in [-0.2, 0) is 17.7 Å². The van der Waals surface area contributed by atoms with Gasteiger partial charge in [-0.1, -0.05) is 6.07 Å². The Balaban J connectivity index is 1.74. The highest BCUT2D eigenvalue weighted by Crippen LogP contribution is 2.39. The second-order valence-electron chi connectivity index (χ2n) is 7.82. The minimum absolute atomic E-state index is 0.0258. The van der Waals surface area contributed by atoms with E-state index in [0.29, 0.717) is 42.6 Å². The van der Waals surface area contributed by atoms with Gasteiger partial charge in [0.2, 0.25) is 0 Å². The Kier molecular flexibility index (Phi) is 5.19. The van der Waals surface area contributed by atoms with Gasteiger partial charge in [-0.25, -0.2) is 13.6 Å². The number of amides is 1. The molecule has 0 saturated heterocycles. The number of methoxy groups -OCH3 is 1. The van der Waals surface area contributed by atoms with E-state index >= 15 is 0 Å². The number of hydrogen-bond acceptors (Lipinski definition) is 4. The summed E-state index contributed by atoms with van der Waals surface area (Å²) in [5.74, 6) is 0.713. The van der Waals surface area contributed by atoms with E-state index in [9.17, 15) is 13.6 Å². The predicted octanol–water partition coefficient (Wildman–Crippen LogP) is 4.75. The fraction of sp³-hybridized carbons (Fsp3) is 0.524. The van der Waals surface area contributed by atoms with Crippen LogP contribution in [0.5, 0.6) is 0 Å². The van der Waals surface area contributed by atoms with Crippen molar-refractivity contribution in [2.24, 2.45) is 0 Å². The molecule has 1 aromatic carbocycles. The zero-order chi connectivity index (χ0) is 20.7. The van der Waals surface area contributed by atoms with Gasteiger partial charge < -0.3 is 14.5 Å². The fourth-order valence-corrected chi connectivity index (χ4v) is 4.11. The van der Waals surface area contributed by atoms with Gasteiger partial charge in [0.05, 0.1) is 19.7 Å². The molecule has 1 aliphatic carbocycles. The lowest BCUT2D eigenvalue weighted by Gasteiger charge is -2.31. The van der Waals surface area contributed by atoms with Crippen molar-refractivity contribution in [3.63, 3.8) is 0 Å². The molecule has 0 bridgehead atoms. The van der Waals surface area contributed by atoms with Crippen molar-refractivity contribution in [3.05, 3.63) is 40.6 Å². The highest BCUT2D eigenvalue weighted by atomic mass is 19.3. The standard InChI is InChI=1S/C21H26F2N4O2/c1-13-7-8-15(11-16(13)19(22)23)25(2)20-17-12-26(21(28)29-3)10-9-18(17)27(24-20)14-5-4-6-14/h7-8,11,14,19H,4-6,9-10,12H2,1-3H3. The summed E-state index contributed by atoms with van der Waals surface area (Å²) in [4.78, 5) is 15.6. The summed E-state index contributed by atoms with van der Waals surface area (Å²) in [6.07, 6.45) is 1.19. The van der Waals surface area contributed by atoms with Gasteiger partial charge in [0.1, 0.15) is 0 Å². The lowest BCUT2D eigenvalue weighted by atomic mass is 9.92. The van der Waals surface area contributed by atoms with E-state index in [-0.39, 0.29) is 11.7 Å². The monoisotopic (exact) mass is 404 g/mol. The van der Waals surface area contributed by atoms with Gasteiger partial charge in [-0.15, -0.1) is 0 Å². The van der Waals surface area contributed by atoms with Crippen molar-refractivity contribution >= 4 is 17.6 Å². The number of halogens is 2. The van der Waals surface area contributed by atoms with Crippen molar-refractivity contribution in [2.75, 3.05) is 25.6 Å². The number of hydrogen-bond donors (Lipinski definition) is 0. The summed E-state index contributed by atoms with van der Waals surface area (Å²) < 4.78 is 33.8. The lowest BCUT2D eigenvalue weighted by Crippen LogP contribution is -2.37. The third-order valence-electron chi connectivity index (χ3n) is 6.12. The molecule has 2 aromatic rings. The summed E-state index contributed by atoms with van der Waals surface area (Å²) in [5.41, 5.74) is 3.35. The third-order valence-corrected chi connectivity index (χ3v) is 6.12. The fourth-order valence-electron chi connectivity index (χ4n) is 4.11. The Morgan fingerprint density at radius 2 is 2.10 bits per heavy atom. The van der Waals surface area contributed by atoms with Crippen LogP contribution in [0.3, 0.4) is 0 Å². The molecule has 0 N–H and O–H groups in total. The highest BCUT2D eigenvalue weighted by molar-refractivity contribution is 5.70. The molecule has 1 amide bonds. The number of alkyl halides is 2. The number of anilines is 2. The predicted molar refractivity (Wildman–Crippen MR) is 106 cm³/mol. The van der Waals surface area contributed by atoms with Gasteiger partial charge in [-0.3, -0.25) is 4.68 Å². The van der Waals surface area contributed by atoms with E-state index in [2.05, 4.69) is 4.68 Å². The molecule has 2 heterocycles. The molecule has 0 spiro atoms. The Bertz CT molecular complexity index is 924. The van der Waals surface area contributed by atoms with Crippen LogP contribution >= 0.6 is 0 Å². The number of nitrogens with zero attached hydrogens (tertiary/aromatic N) is 4. The van der Waals surface area contributed by atoms with Crippen molar-refractivity contribution < 1.29 is 18.3 Å². The van der Waals surface area contributed by atoms with Crippen LogP contribution in [0.2, 0.25) is 0 Å². The van der Waals surface area contributed by atoms with Crippen LogP contribution in [0.4, 0.5) is 25.1 Å². The van der Waals surface area contributed by atoms with E-state index in [1.54, 1.807) is 17.9 Å². The van der Waals surface area contributed by atoms with E-state index in [4.69, 9.17) is 9.84 Å². The zero-order valence-corrected chi connectivity index (χ0v) is 17.0. The van der Waals surface area contributed by atoms with Crippen molar-refractivity contribution in [1.82, 2.24) is 14.7 Å². The molecular weight excluding hydrogens is 378 g/mol. The summed E-state index contributed by atoms with van der Waals surface area (Å²) in [6, 6.07) is 5.45. The SMILES string of the molecule is COC(=O)N1CCc2c(c(N(C)c3ccc(C)c(C(F)F)c3)nn2C2CCC2)C1. The first-order valence-electron chi connectivity index (χ1n) is 9.96. The Hall–Kier alpha value is -2.64. The molecule has 0 radical (unpaired) electrons. The van der Waals surface area contributed by atoms with E-state index in [0.717, 1.165) is 24.1 Å². The topological polar surface area (TPSA) is 50.6 Å². The second kappa shape index (κ2) is 7.65. The molecule has 0 unspecified atom stereocenters. The van der Waals surface area contributed by atoms with Crippen LogP contribution in [-0.4, -0.2) is 41.5 Å². The molecule has 8 heteroatoms. The molecule has 1 saturated carbocycles. The molecule has 29 heavy (non-hydrogen) atoms. The first kappa shape index (κ1) is 19.7. The Morgan fingerprint density at radius 1 is 1.34 bits per heavy atom. The molecule has 1 fully saturated rings. The average molecular weight is 404 g/mol. The van der Waals surface area contributed by atoms with Gasteiger partial charge in [0.15, 0.2) is 5.82 Å². The number of aryl methyl sites for hydroxylation is 1. The molecule has 1 aromatic heterocycles. The molecule has 2 aliphatic rings. The minimum atomic E-state index is -2.53. The second-order valence-corrected chi connectivity index (χ2v) is 7.82. The molecule has 6 nitrogen and oxygen atoms in total. The van der Waals surface area contributed by atoms with E-state index in [1.807, 2.05) is 18.0 Å². The first-order chi connectivity index (χ1) is 13.9. The van der Waals surface area contributed by atoms with Gasteiger partial charge >= 0.3 is 6.09 Å². The largest absolute Gasteiger partial charge is 0.453 e. The van der Waals surface area contributed by atoms with Crippen molar-refractivity contribution in [1.29, 1.82) is 0 Å². The van der Waals surface area contributed by atoms with E-state index in [1.165, 1.54) is 19.6 Å². The summed E-state index contributed by atoms with van der Waals surface area (Å²) in [7, 11) is 3.21. The van der Waals surface area contributed by atoms with Gasteiger partial charge in [0.25, 0.3) is 6.43 Å². The third kappa shape index (κ3) is 3.45. The molecule has 0 atom stereocenters. The Labute approximate surface area is 169 Å². The highest BCUT2D eigenvalue weighted by Gasteiger charge is 2.33. The molecular formula is C21H26F2N4O2. The van der Waals surface area contributed by atoms with Gasteiger partial charge in [-0.05, 0) is 43.9 Å². The first-order valence-corrected chi connectivity index (χ1v) is 9.96. The van der Waals surface area contributed by atoms with Gasteiger partial charge in [0, 0.05) is 42.5 Å². The van der Waals surface area contributed by atoms with Gasteiger partial charge in [-0.2, -0.15) is 5.10 Å². The van der Waals surface area contributed by atoms with Crippen molar-refractivity contribution in [2.45, 2.75) is 51.6 Å². The normalized spacial score (nSPS) is 16.6. The van der Waals surface area contributed by atoms with Crippen LogP contribution in [0.25, 0.3) is 0 Å². The number of aromatic nitrogens is 2. The Morgan fingerprint density at radius 3 is 2.72 bits per heavy atom. The smallest absolute Gasteiger partial charge is 0.409 e. The van der Waals surface area contributed by atoms with Crippen LogP contribution in [0, 0.1) is 6.92 Å². The average Bonchev–Trinajstić information content (AvgIpc) is 3.04. The number of ether oxygens (including phenoxy) is 1. The van der Waals surface area contributed by atoms with Crippen LogP contribution < -0.4 is 4.90 Å². The molecule has 4 rings (SSSR count). The summed E-state index contributed by atoms with van der Waals surface area (Å²) in [5, 5.41) is 4.88. The number of carbonyl (C=O) groups is 1. The number of rotatable bonds is 4. The van der Waals surface area contributed by atoms with Crippen molar-refractivity contribution in [3.8, 4) is 0 Å². The van der Waals surface area contributed by atoms with Crippen LogP contribution in [0.1, 0.15) is 54.1 Å². The lowest BCUT2D eigenvalue weighted by molar-refractivity contribution is 0.118. The molecule has 156 valence electrons. The maximum absolute atomic E-state index is 13.4.